The number of hydrogen-bond acceptors (Lipinski definition) is 5. The summed E-state index contributed by atoms with van der Waals surface area (Å²) >= 11 is 0. The fourth-order valence-electron chi connectivity index (χ4n) is 2.78. The third-order valence-corrected chi connectivity index (χ3v) is 4.24. The van der Waals surface area contributed by atoms with Crippen molar-refractivity contribution in [2.75, 3.05) is 13.7 Å². The minimum absolute atomic E-state index is 0.267. The zero-order chi connectivity index (χ0) is 11.9. The van der Waals surface area contributed by atoms with Crippen LogP contribution in [0.4, 0.5) is 0 Å². The van der Waals surface area contributed by atoms with Gasteiger partial charge in [-0.2, -0.15) is 4.98 Å². The molecule has 5 nitrogen and oxygen atoms in total. The van der Waals surface area contributed by atoms with Gasteiger partial charge in [0, 0.05) is 13.2 Å². The van der Waals surface area contributed by atoms with Crippen LogP contribution in [-0.4, -0.2) is 29.8 Å². The number of ether oxygens (including phenoxy) is 1. The van der Waals surface area contributed by atoms with Gasteiger partial charge in [-0.15, -0.1) is 0 Å². The molecule has 0 spiro atoms. The van der Waals surface area contributed by atoms with Gasteiger partial charge in [0.1, 0.15) is 5.60 Å². The highest BCUT2D eigenvalue weighted by molar-refractivity contribution is 5.09. The summed E-state index contributed by atoms with van der Waals surface area (Å²) in [5, 5.41) is 7.52. The van der Waals surface area contributed by atoms with Crippen LogP contribution in [-0.2, 0) is 10.3 Å². The molecule has 1 aromatic rings. The van der Waals surface area contributed by atoms with Crippen molar-refractivity contribution in [1.82, 2.24) is 15.5 Å². The van der Waals surface area contributed by atoms with Crippen molar-refractivity contribution in [3.63, 3.8) is 0 Å². The van der Waals surface area contributed by atoms with Gasteiger partial charge < -0.3 is 14.6 Å². The van der Waals surface area contributed by atoms with Crippen molar-refractivity contribution in [1.29, 1.82) is 0 Å². The van der Waals surface area contributed by atoms with Gasteiger partial charge in [0.15, 0.2) is 0 Å². The molecular weight excluding hydrogens is 218 g/mol. The summed E-state index contributed by atoms with van der Waals surface area (Å²) in [5.41, 5.74) is -0.267. The molecule has 2 fully saturated rings. The van der Waals surface area contributed by atoms with Gasteiger partial charge in [-0.1, -0.05) is 5.16 Å². The van der Waals surface area contributed by atoms with Gasteiger partial charge >= 0.3 is 0 Å². The quantitative estimate of drug-likeness (QED) is 0.864. The number of nitrogens with one attached hydrogen (secondary N) is 1. The number of hydrogen-bond donors (Lipinski definition) is 1. The Morgan fingerprint density at radius 2 is 2.29 bits per heavy atom. The van der Waals surface area contributed by atoms with E-state index in [1.165, 1.54) is 6.42 Å². The maximum Gasteiger partial charge on any atom is 0.231 e. The third-order valence-electron chi connectivity index (χ3n) is 4.24. The van der Waals surface area contributed by atoms with E-state index < -0.39 is 0 Å². The predicted octanol–water partition coefficient (Wildman–Crippen LogP) is 1.56. The maximum atomic E-state index is 5.56. The minimum Gasteiger partial charge on any atom is -0.370 e. The summed E-state index contributed by atoms with van der Waals surface area (Å²) in [6.07, 6.45) is 4.25. The maximum absolute atomic E-state index is 5.56. The lowest BCUT2D eigenvalue weighted by molar-refractivity contribution is -0.0858. The first-order chi connectivity index (χ1) is 8.25. The molecule has 1 aromatic heterocycles. The smallest absolute Gasteiger partial charge is 0.231 e. The topological polar surface area (TPSA) is 60.2 Å². The van der Waals surface area contributed by atoms with Crippen molar-refractivity contribution in [2.45, 2.75) is 50.2 Å². The van der Waals surface area contributed by atoms with Crippen LogP contribution < -0.4 is 5.32 Å². The van der Waals surface area contributed by atoms with E-state index in [-0.39, 0.29) is 5.60 Å². The molecule has 1 saturated heterocycles. The van der Waals surface area contributed by atoms with E-state index in [0.29, 0.717) is 12.0 Å². The van der Waals surface area contributed by atoms with Crippen molar-refractivity contribution in [3.05, 3.63) is 11.7 Å². The second kappa shape index (κ2) is 4.07. The van der Waals surface area contributed by atoms with Crippen LogP contribution >= 0.6 is 0 Å². The Kier molecular flexibility index (Phi) is 2.67. The number of aromatic nitrogens is 2. The number of nitrogens with zero attached hydrogens (tertiary/aromatic N) is 2. The molecule has 94 valence electrons. The summed E-state index contributed by atoms with van der Waals surface area (Å²) < 4.78 is 11.0. The van der Waals surface area contributed by atoms with Crippen molar-refractivity contribution in [3.8, 4) is 0 Å². The Balaban J connectivity index is 1.82. The average Bonchev–Trinajstić information content (AvgIpc) is 2.86. The highest BCUT2D eigenvalue weighted by Gasteiger charge is 2.44. The average molecular weight is 237 g/mol. The first kappa shape index (κ1) is 11.2. The fraction of sp³-hybridized carbons (Fsp3) is 0.833. The molecule has 2 heterocycles. The lowest BCUT2D eigenvalue weighted by atomic mass is 9.79. The Morgan fingerprint density at radius 1 is 1.47 bits per heavy atom. The Labute approximate surface area is 101 Å². The van der Waals surface area contributed by atoms with E-state index in [1.807, 2.05) is 0 Å². The normalized spacial score (nSPS) is 31.4. The molecular formula is C12H19N3O2. The molecule has 1 N–H and O–H groups in total. The molecule has 1 aliphatic heterocycles. The van der Waals surface area contributed by atoms with Crippen molar-refractivity contribution in [2.24, 2.45) is 0 Å². The Bertz CT molecular complexity index is 395. The molecule has 1 saturated carbocycles. The van der Waals surface area contributed by atoms with Gasteiger partial charge in [-0.25, -0.2) is 0 Å². The van der Waals surface area contributed by atoms with E-state index in [0.717, 1.165) is 37.5 Å². The summed E-state index contributed by atoms with van der Waals surface area (Å²) in [6.45, 7) is 3.19. The largest absolute Gasteiger partial charge is 0.370 e. The monoisotopic (exact) mass is 237 g/mol. The second-order valence-corrected chi connectivity index (χ2v) is 5.15. The van der Waals surface area contributed by atoms with Crippen LogP contribution in [0, 0.1) is 0 Å². The molecule has 0 radical (unpaired) electrons. The number of rotatable bonds is 3. The van der Waals surface area contributed by atoms with Crippen LogP contribution in [0.15, 0.2) is 4.52 Å². The SMILES string of the molecule is COC1(c2noc(C3CCNC3C)n2)CCC1. The van der Waals surface area contributed by atoms with Crippen molar-refractivity contribution < 1.29 is 9.26 Å². The summed E-state index contributed by atoms with van der Waals surface area (Å²) in [7, 11) is 1.73. The standard InChI is InChI=1S/C12H19N3O2/c1-8-9(4-7-13-8)10-14-11(15-17-10)12(16-2)5-3-6-12/h8-9,13H,3-7H2,1-2H3. The summed E-state index contributed by atoms with van der Waals surface area (Å²) in [6, 6.07) is 0.420. The van der Waals surface area contributed by atoms with Gasteiger partial charge in [0.2, 0.25) is 11.7 Å². The molecule has 2 aliphatic rings. The molecule has 3 rings (SSSR count). The zero-order valence-electron chi connectivity index (χ0n) is 10.4. The van der Waals surface area contributed by atoms with E-state index >= 15 is 0 Å². The molecule has 0 aromatic carbocycles. The van der Waals surface area contributed by atoms with Gasteiger partial charge in [-0.05, 0) is 39.2 Å². The summed E-state index contributed by atoms with van der Waals surface area (Å²) in [4.78, 5) is 4.56. The zero-order valence-corrected chi connectivity index (χ0v) is 10.4. The molecule has 5 heteroatoms. The van der Waals surface area contributed by atoms with Gasteiger partial charge in [0.05, 0.1) is 5.92 Å². The second-order valence-electron chi connectivity index (χ2n) is 5.15. The van der Waals surface area contributed by atoms with Crippen LogP contribution in [0.1, 0.15) is 50.2 Å². The third kappa shape index (κ3) is 1.68. The van der Waals surface area contributed by atoms with Crippen LogP contribution in [0.2, 0.25) is 0 Å². The predicted molar refractivity (Wildman–Crippen MR) is 61.7 cm³/mol. The highest BCUT2D eigenvalue weighted by Crippen LogP contribution is 2.43. The molecule has 2 unspecified atom stereocenters. The van der Waals surface area contributed by atoms with Gasteiger partial charge in [0.25, 0.3) is 0 Å². The molecule has 0 bridgehead atoms. The van der Waals surface area contributed by atoms with Crippen LogP contribution in [0.3, 0.4) is 0 Å². The first-order valence-electron chi connectivity index (χ1n) is 6.38. The molecule has 1 aliphatic carbocycles. The lowest BCUT2D eigenvalue weighted by Gasteiger charge is -2.37. The first-order valence-corrected chi connectivity index (χ1v) is 6.38. The van der Waals surface area contributed by atoms with Crippen molar-refractivity contribution >= 4 is 0 Å². The van der Waals surface area contributed by atoms with E-state index in [2.05, 4.69) is 22.4 Å². The lowest BCUT2D eigenvalue weighted by Crippen LogP contribution is -2.37. The van der Waals surface area contributed by atoms with Gasteiger partial charge in [-0.3, -0.25) is 0 Å². The Morgan fingerprint density at radius 3 is 2.82 bits per heavy atom. The fourth-order valence-corrected chi connectivity index (χ4v) is 2.78. The van der Waals surface area contributed by atoms with E-state index in [9.17, 15) is 0 Å². The highest BCUT2D eigenvalue weighted by atomic mass is 16.5. The molecule has 17 heavy (non-hydrogen) atoms. The molecule has 2 atom stereocenters. The van der Waals surface area contributed by atoms with E-state index in [1.54, 1.807) is 7.11 Å². The summed E-state index contributed by atoms with van der Waals surface area (Å²) in [5.74, 6) is 1.85. The minimum atomic E-state index is -0.267. The van der Waals surface area contributed by atoms with Crippen LogP contribution in [0.5, 0.6) is 0 Å². The Hall–Kier alpha value is -0.940. The van der Waals surface area contributed by atoms with E-state index in [4.69, 9.17) is 9.26 Å². The van der Waals surface area contributed by atoms with Crippen LogP contribution in [0.25, 0.3) is 0 Å². The molecule has 0 amide bonds. The number of methoxy groups -OCH3 is 1.